The summed E-state index contributed by atoms with van der Waals surface area (Å²) in [7, 11) is 2.91. The van der Waals surface area contributed by atoms with Crippen LogP contribution >= 0.6 is 0 Å². The molecule has 1 saturated heterocycles. The van der Waals surface area contributed by atoms with Gasteiger partial charge in [0.25, 0.3) is 5.91 Å². The largest absolute Gasteiger partial charge is 0.468 e. The van der Waals surface area contributed by atoms with Crippen LogP contribution < -0.4 is 0 Å². The first-order valence-corrected chi connectivity index (χ1v) is 8.65. The molecule has 1 fully saturated rings. The van der Waals surface area contributed by atoms with Crippen LogP contribution in [0, 0.1) is 19.3 Å². The van der Waals surface area contributed by atoms with Gasteiger partial charge >= 0.3 is 5.97 Å². The molecule has 138 valence electrons. The van der Waals surface area contributed by atoms with Crippen LogP contribution in [0.3, 0.4) is 0 Å². The standard InChI is InChI=1S/C20H24N2O4/c1-13-5-6-15-10-16(14(2)21-17(15)9-13)18(23)22-8-7-20(11-22,12-25-3)19(24)26-4/h5-6,9-10H,7-8,11-12H2,1-4H3. The number of likely N-dealkylation sites (tertiary alicyclic amines) is 1. The number of nitrogens with zero attached hydrogens (tertiary/aromatic N) is 2. The normalized spacial score (nSPS) is 19.8. The molecule has 26 heavy (non-hydrogen) atoms. The van der Waals surface area contributed by atoms with Crippen LogP contribution in [-0.2, 0) is 14.3 Å². The predicted molar refractivity (Wildman–Crippen MR) is 98.1 cm³/mol. The van der Waals surface area contributed by atoms with Gasteiger partial charge in [-0.1, -0.05) is 12.1 Å². The zero-order chi connectivity index (χ0) is 18.9. The van der Waals surface area contributed by atoms with Crippen molar-refractivity contribution in [1.29, 1.82) is 0 Å². The molecule has 1 aromatic heterocycles. The number of hydrogen-bond acceptors (Lipinski definition) is 5. The van der Waals surface area contributed by atoms with Crippen LogP contribution in [0.15, 0.2) is 24.3 Å². The maximum atomic E-state index is 13.1. The second-order valence-electron chi connectivity index (χ2n) is 7.00. The lowest BCUT2D eigenvalue weighted by atomic mass is 9.88. The molecular weight excluding hydrogens is 332 g/mol. The highest BCUT2D eigenvalue weighted by atomic mass is 16.5. The third kappa shape index (κ3) is 3.17. The average molecular weight is 356 g/mol. The molecule has 6 heteroatoms. The van der Waals surface area contributed by atoms with E-state index >= 15 is 0 Å². The number of rotatable bonds is 4. The monoisotopic (exact) mass is 356 g/mol. The zero-order valence-corrected chi connectivity index (χ0v) is 15.7. The van der Waals surface area contributed by atoms with Crippen molar-refractivity contribution < 1.29 is 19.1 Å². The lowest BCUT2D eigenvalue weighted by Gasteiger charge is -2.25. The number of amides is 1. The van der Waals surface area contributed by atoms with E-state index in [1.165, 1.54) is 7.11 Å². The SMILES string of the molecule is COCC1(C(=O)OC)CCN(C(=O)c2cc3ccc(C)cc3nc2C)C1. The van der Waals surface area contributed by atoms with E-state index < -0.39 is 5.41 Å². The number of pyridine rings is 1. The number of ether oxygens (including phenoxy) is 2. The highest BCUT2D eigenvalue weighted by molar-refractivity contribution is 5.99. The smallest absolute Gasteiger partial charge is 0.316 e. The second-order valence-corrected chi connectivity index (χ2v) is 7.00. The third-order valence-corrected chi connectivity index (χ3v) is 5.07. The van der Waals surface area contributed by atoms with Crippen molar-refractivity contribution in [3.8, 4) is 0 Å². The van der Waals surface area contributed by atoms with Gasteiger partial charge < -0.3 is 14.4 Å². The fourth-order valence-corrected chi connectivity index (χ4v) is 3.64. The molecule has 1 aromatic carbocycles. The summed E-state index contributed by atoms with van der Waals surface area (Å²) in [4.78, 5) is 31.6. The minimum atomic E-state index is -0.797. The van der Waals surface area contributed by atoms with Crippen molar-refractivity contribution in [2.75, 3.05) is 33.9 Å². The van der Waals surface area contributed by atoms with Gasteiger partial charge in [-0.15, -0.1) is 0 Å². The highest BCUT2D eigenvalue weighted by Gasteiger charge is 2.47. The zero-order valence-electron chi connectivity index (χ0n) is 15.7. The fourth-order valence-electron chi connectivity index (χ4n) is 3.64. The van der Waals surface area contributed by atoms with Crippen LogP contribution in [0.1, 0.15) is 28.0 Å². The molecule has 0 bridgehead atoms. The van der Waals surface area contributed by atoms with Gasteiger partial charge in [-0.25, -0.2) is 0 Å². The van der Waals surface area contributed by atoms with E-state index in [0.29, 0.717) is 24.2 Å². The van der Waals surface area contributed by atoms with Gasteiger partial charge in [0.1, 0.15) is 5.41 Å². The summed E-state index contributed by atoms with van der Waals surface area (Å²) in [5.74, 6) is -0.446. The number of carbonyl (C=O) groups is 2. The molecular formula is C20H24N2O4. The molecule has 1 aliphatic heterocycles. The van der Waals surface area contributed by atoms with Gasteiger partial charge in [0.2, 0.25) is 0 Å². The molecule has 1 amide bonds. The summed E-state index contributed by atoms with van der Waals surface area (Å²) in [5, 5.41) is 0.930. The number of esters is 1. The Balaban J connectivity index is 1.90. The first-order valence-electron chi connectivity index (χ1n) is 8.65. The number of methoxy groups -OCH3 is 2. The van der Waals surface area contributed by atoms with Crippen LogP contribution in [0.25, 0.3) is 10.9 Å². The summed E-state index contributed by atoms with van der Waals surface area (Å²) < 4.78 is 10.2. The molecule has 3 rings (SSSR count). The van der Waals surface area contributed by atoms with Crippen molar-refractivity contribution in [1.82, 2.24) is 9.88 Å². The summed E-state index contributed by atoms with van der Waals surface area (Å²) >= 11 is 0. The molecule has 1 unspecified atom stereocenters. The number of fused-ring (bicyclic) bond motifs is 1. The molecule has 0 spiro atoms. The van der Waals surface area contributed by atoms with E-state index in [9.17, 15) is 9.59 Å². The summed E-state index contributed by atoms with van der Waals surface area (Å²) in [5.41, 5.74) is 2.47. The number of aryl methyl sites for hydroxylation is 2. The van der Waals surface area contributed by atoms with E-state index in [4.69, 9.17) is 9.47 Å². The number of carbonyl (C=O) groups excluding carboxylic acids is 2. The summed E-state index contributed by atoms with van der Waals surface area (Å²) in [6.07, 6.45) is 0.526. The molecule has 2 aromatic rings. The van der Waals surface area contributed by atoms with Crippen LogP contribution in [-0.4, -0.2) is 55.7 Å². The Hall–Kier alpha value is -2.47. The Labute approximate surface area is 153 Å². The Morgan fingerprint density at radius 1 is 1.23 bits per heavy atom. The van der Waals surface area contributed by atoms with E-state index in [-0.39, 0.29) is 25.0 Å². The Bertz CT molecular complexity index is 864. The topological polar surface area (TPSA) is 68.7 Å². The van der Waals surface area contributed by atoms with E-state index in [1.54, 1.807) is 12.0 Å². The lowest BCUT2D eigenvalue weighted by molar-refractivity contribution is -0.155. The van der Waals surface area contributed by atoms with Gasteiger partial charge in [0.15, 0.2) is 0 Å². The molecule has 6 nitrogen and oxygen atoms in total. The van der Waals surface area contributed by atoms with Crippen LogP contribution in [0.5, 0.6) is 0 Å². The molecule has 1 aliphatic rings. The van der Waals surface area contributed by atoms with E-state index in [2.05, 4.69) is 4.98 Å². The van der Waals surface area contributed by atoms with Crippen molar-refractivity contribution in [3.63, 3.8) is 0 Å². The van der Waals surface area contributed by atoms with Crippen molar-refractivity contribution in [2.24, 2.45) is 5.41 Å². The fraction of sp³-hybridized carbons (Fsp3) is 0.450. The van der Waals surface area contributed by atoms with Gasteiger partial charge in [-0.2, -0.15) is 0 Å². The maximum absolute atomic E-state index is 13.1. The molecule has 0 aliphatic carbocycles. The van der Waals surface area contributed by atoms with E-state index in [1.807, 2.05) is 38.1 Å². The molecule has 1 atom stereocenters. The van der Waals surface area contributed by atoms with Gasteiger partial charge in [0.05, 0.1) is 30.5 Å². The van der Waals surface area contributed by atoms with Crippen molar-refractivity contribution >= 4 is 22.8 Å². The van der Waals surface area contributed by atoms with Gasteiger partial charge in [0, 0.05) is 25.6 Å². The van der Waals surface area contributed by atoms with E-state index in [0.717, 1.165) is 16.5 Å². The number of benzene rings is 1. The Morgan fingerprint density at radius 2 is 2.00 bits per heavy atom. The van der Waals surface area contributed by atoms with Crippen molar-refractivity contribution in [2.45, 2.75) is 20.3 Å². The minimum Gasteiger partial charge on any atom is -0.468 e. The molecule has 0 N–H and O–H groups in total. The molecule has 2 heterocycles. The highest BCUT2D eigenvalue weighted by Crippen LogP contribution is 2.33. The Morgan fingerprint density at radius 3 is 2.69 bits per heavy atom. The van der Waals surface area contributed by atoms with Gasteiger partial charge in [-0.3, -0.25) is 14.6 Å². The predicted octanol–water partition coefficient (Wildman–Crippen LogP) is 2.50. The summed E-state index contributed by atoms with van der Waals surface area (Å²) in [6.45, 7) is 4.87. The molecule has 0 radical (unpaired) electrons. The quantitative estimate of drug-likeness (QED) is 0.788. The van der Waals surface area contributed by atoms with Crippen molar-refractivity contribution in [3.05, 3.63) is 41.1 Å². The van der Waals surface area contributed by atoms with Crippen LogP contribution in [0.4, 0.5) is 0 Å². The Kier molecular flexibility index (Phi) is 4.96. The minimum absolute atomic E-state index is 0.112. The first-order chi connectivity index (χ1) is 12.4. The number of hydrogen-bond donors (Lipinski definition) is 0. The van der Waals surface area contributed by atoms with Crippen LogP contribution in [0.2, 0.25) is 0 Å². The lowest BCUT2D eigenvalue weighted by Crippen LogP contribution is -2.41. The first kappa shape index (κ1) is 18.3. The molecule has 0 saturated carbocycles. The van der Waals surface area contributed by atoms with Gasteiger partial charge in [-0.05, 0) is 38.0 Å². The third-order valence-electron chi connectivity index (χ3n) is 5.07. The summed E-state index contributed by atoms with van der Waals surface area (Å²) in [6, 6.07) is 7.87. The second kappa shape index (κ2) is 7.03. The maximum Gasteiger partial charge on any atom is 0.316 e. The average Bonchev–Trinajstić information content (AvgIpc) is 3.05. The number of aromatic nitrogens is 1.